The van der Waals surface area contributed by atoms with Crippen LogP contribution in [-0.2, 0) is 14.0 Å². The first kappa shape index (κ1) is 17.6. The quantitative estimate of drug-likeness (QED) is 0.365. The number of nitrogens with zero attached hydrogens (tertiary/aromatic N) is 4. The smallest absolute Gasteiger partial charge is 0.330 e. The molecule has 2 rings (SSSR count). The molecular weight excluding hydrogens is 329 g/mol. The number of ether oxygens (including phenoxy) is 2. The van der Waals surface area contributed by atoms with E-state index in [0.29, 0.717) is 11.2 Å². The van der Waals surface area contributed by atoms with Crippen molar-refractivity contribution >= 4 is 25.4 Å². The van der Waals surface area contributed by atoms with E-state index < -0.39 is 26.9 Å². The number of imidazole rings is 1. The molecule has 3 atom stereocenters. The maximum Gasteiger partial charge on any atom is 0.330 e. The van der Waals surface area contributed by atoms with Crippen molar-refractivity contribution in [3.63, 3.8) is 0 Å². The number of nitrogens with two attached hydrogens (primary N) is 1. The number of hydrogen-bond acceptors (Lipinski definition) is 10. The van der Waals surface area contributed by atoms with E-state index in [2.05, 4.69) is 15.0 Å². The Balaban J connectivity index is 2.05. The Morgan fingerprint density at radius 3 is 2.91 bits per heavy atom. The van der Waals surface area contributed by atoms with Gasteiger partial charge in [0.15, 0.2) is 19.8 Å². The van der Waals surface area contributed by atoms with E-state index in [4.69, 9.17) is 20.0 Å². The molecule has 0 aliphatic carbocycles. The van der Waals surface area contributed by atoms with E-state index in [9.17, 15) is 14.8 Å². The van der Waals surface area contributed by atoms with Crippen LogP contribution in [0.5, 0.6) is 0 Å². The summed E-state index contributed by atoms with van der Waals surface area (Å²) in [6, 6.07) is 0. The van der Waals surface area contributed by atoms with Crippen LogP contribution in [0.4, 0.5) is 5.82 Å². The molecule has 0 aromatic carbocycles. The van der Waals surface area contributed by atoms with Crippen LogP contribution in [0.1, 0.15) is 6.92 Å². The molecule has 2 aromatic heterocycles. The zero-order valence-electron chi connectivity index (χ0n) is 12.3. The van der Waals surface area contributed by atoms with Crippen molar-refractivity contribution < 1.29 is 29.1 Å². The lowest BCUT2D eigenvalue weighted by Crippen LogP contribution is -2.39. The topological polar surface area (TPSA) is 155 Å². The van der Waals surface area contributed by atoms with Crippen LogP contribution in [-0.4, -0.2) is 61.5 Å². The monoisotopic (exact) mass is 347 g/mol. The first-order valence-corrected chi connectivity index (χ1v) is 7.76. The van der Waals surface area contributed by atoms with Crippen LogP contribution in [0.2, 0.25) is 0 Å². The van der Waals surface area contributed by atoms with Crippen molar-refractivity contribution in [2.45, 2.75) is 18.7 Å². The van der Waals surface area contributed by atoms with Gasteiger partial charge >= 0.3 is 5.71 Å². The fourth-order valence-corrected chi connectivity index (χ4v) is 2.24. The number of anilines is 1. The molecule has 0 saturated heterocycles. The molecule has 0 amide bonds. The van der Waals surface area contributed by atoms with Crippen LogP contribution in [0, 0.1) is 0 Å². The summed E-state index contributed by atoms with van der Waals surface area (Å²) in [7, 11) is -1.80. The zero-order chi connectivity index (χ0) is 16.9. The van der Waals surface area contributed by atoms with Gasteiger partial charge in [0.1, 0.15) is 25.4 Å². The van der Waals surface area contributed by atoms with Gasteiger partial charge in [-0.15, -0.1) is 0 Å². The van der Waals surface area contributed by atoms with Gasteiger partial charge in [-0.2, -0.15) is 4.73 Å². The van der Waals surface area contributed by atoms with Crippen molar-refractivity contribution in [3.05, 3.63) is 12.7 Å². The van der Waals surface area contributed by atoms with Crippen LogP contribution in [0.3, 0.4) is 0 Å². The maximum atomic E-state index is 11.1. The SMILES string of the molecule is CCOC(O)(OC(CO)COn1cnc2c(N)ncnc21)[PH2]=O. The highest BCUT2D eigenvalue weighted by Crippen LogP contribution is 2.24. The number of fused-ring (bicyclic) bond motifs is 1. The summed E-state index contributed by atoms with van der Waals surface area (Å²) >= 11 is 0. The minimum atomic E-state index is -2.24. The molecule has 2 aromatic rings. The molecule has 0 spiro atoms. The van der Waals surface area contributed by atoms with Crippen molar-refractivity contribution in [2.24, 2.45) is 0 Å². The second-order valence-corrected chi connectivity index (χ2v) is 5.37. The number of aromatic nitrogens is 4. The number of nitrogen functional groups attached to an aromatic ring is 1. The fraction of sp³-hybridized carbons (Fsp3) is 0.545. The van der Waals surface area contributed by atoms with Gasteiger partial charge in [-0.05, 0) is 6.92 Å². The minimum absolute atomic E-state index is 0.0904. The van der Waals surface area contributed by atoms with Gasteiger partial charge in [0.05, 0.1) is 13.2 Å². The third-order valence-electron chi connectivity index (χ3n) is 2.77. The summed E-state index contributed by atoms with van der Waals surface area (Å²) in [5, 5.41) is 19.1. The molecule has 0 saturated carbocycles. The summed E-state index contributed by atoms with van der Waals surface area (Å²) < 4.78 is 22.3. The highest BCUT2D eigenvalue weighted by Gasteiger charge is 2.31. The Bertz CT molecular complexity index is 669. The molecule has 23 heavy (non-hydrogen) atoms. The summed E-state index contributed by atoms with van der Waals surface area (Å²) in [4.78, 5) is 17.2. The van der Waals surface area contributed by atoms with Gasteiger partial charge in [0.25, 0.3) is 0 Å². The molecule has 4 N–H and O–H groups in total. The number of hydrogen-bond donors (Lipinski definition) is 3. The average molecular weight is 347 g/mol. The van der Waals surface area contributed by atoms with Crippen LogP contribution in [0.15, 0.2) is 12.7 Å². The number of aliphatic hydroxyl groups excluding tert-OH is 1. The van der Waals surface area contributed by atoms with Gasteiger partial charge in [-0.1, -0.05) is 0 Å². The van der Waals surface area contributed by atoms with Crippen molar-refractivity contribution in [2.75, 3.05) is 25.6 Å². The molecule has 3 unspecified atom stereocenters. The number of aliphatic hydroxyl groups is 2. The fourth-order valence-electron chi connectivity index (χ4n) is 1.76. The van der Waals surface area contributed by atoms with Crippen LogP contribution >= 0.6 is 8.46 Å². The van der Waals surface area contributed by atoms with Gasteiger partial charge in [0.2, 0.25) is 5.65 Å². The van der Waals surface area contributed by atoms with E-state index in [1.165, 1.54) is 17.4 Å². The molecule has 0 fully saturated rings. The van der Waals surface area contributed by atoms with E-state index in [-0.39, 0.29) is 19.0 Å². The second kappa shape index (κ2) is 7.66. The highest BCUT2D eigenvalue weighted by atomic mass is 31.1. The molecule has 0 aliphatic heterocycles. The Morgan fingerprint density at radius 1 is 1.48 bits per heavy atom. The van der Waals surface area contributed by atoms with Gasteiger partial charge in [0, 0.05) is 0 Å². The zero-order valence-corrected chi connectivity index (χ0v) is 13.5. The normalized spacial score (nSPS) is 16.0. The van der Waals surface area contributed by atoms with Gasteiger partial charge < -0.3 is 34.8 Å². The first-order chi connectivity index (χ1) is 11.0. The Morgan fingerprint density at radius 2 is 2.26 bits per heavy atom. The standard InChI is InChI=1S/C11H18N5O6P/c1-2-20-11(18,23-19)22-7(3-17)4-21-16-6-15-8-9(12)13-5-14-10(8)16/h5-7,17-18H,2-4,23H2,1H3,(H2,12,13,14). The van der Waals surface area contributed by atoms with E-state index in [0.717, 1.165) is 0 Å². The summed E-state index contributed by atoms with van der Waals surface area (Å²) in [6.07, 6.45) is 1.61. The van der Waals surface area contributed by atoms with Gasteiger partial charge in [-0.25, -0.2) is 15.0 Å². The summed E-state index contributed by atoms with van der Waals surface area (Å²) in [5.74, 6) is 0.202. The van der Waals surface area contributed by atoms with Crippen molar-refractivity contribution in [1.82, 2.24) is 19.7 Å². The maximum absolute atomic E-state index is 11.1. The third kappa shape index (κ3) is 4.15. The van der Waals surface area contributed by atoms with E-state index in [1.807, 2.05) is 0 Å². The van der Waals surface area contributed by atoms with E-state index in [1.54, 1.807) is 6.92 Å². The van der Waals surface area contributed by atoms with Crippen molar-refractivity contribution in [3.8, 4) is 0 Å². The molecular formula is C11H18N5O6P. The Hall–Kier alpha value is -1.78. The summed E-state index contributed by atoms with van der Waals surface area (Å²) in [5.41, 5.74) is 4.12. The van der Waals surface area contributed by atoms with Crippen LogP contribution < -0.4 is 10.6 Å². The molecule has 0 bridgehead atoms. The third-order valence-corrected chi connectivity index (χ3v) is 3.37. The molecule has 0 radical (unpaired) electrons. The second-order valence-electron chi connectivity index (χ2n) is 4.40. The molecule has 0 aliphatic rings. The number of rotatable bonds is 9. The predicted molar refractivity (Wildman–Crippen MR) is 80.1 cm³/mol. The van der Waals surface area contributed by atoms with E-state index >= 15 is 0 Å². The summed E-state index contributed by atoms with van der Waals surface area (Å²) in [6.45, 7) is 1.03. The molecule has 2 heterocycles. The average Bonchev–Trinajstić information content (AvgIpc) is 2.96. The molecule has 12 heteroatoms. The Labute approximate surface area is 132 Å². The van der Waals surface area contributed by atoms with Crippen LogP contribution in [0.25, 0.3) is 11.2 Å². The minimum Gasteiger partial charge on any atom is -0.408 e. The highest BCUT2D eigenvalue weighted by molar-refractivity contribution is 7.25. The molecule has 11 nitrogen and oxygen atoms in total. The Kier molecular flexibility index (Phi) is 5.85. The predicted octanol–water partition coefficient (Wildman–Crippen LogP) is -1.39. The lowest BCUT2D eigenvalue weighted by Gasteiger charge is -2.26. The lowest BCUT2D eigenvalue weighted by atomic mass is 10.4. The van der Waals surface area contributed by atoms with Gasteiger partial charge in [-0.3, -0.25) is 0 Å². The molecule has 128 valence electrons. The van der Waals surface area contributed by atoms with Crippen molar-refractivity contribution in [1.29, 1.82) is 0 Å². The first-order valence-electron chi connectivity index (χ1n) is 6.71. The lowest BCUT2D eigenvalue weighted by molar-refractivity contribution is -0.320. The largest absolute Gasteiger partial charge is 0.408 e.